The minimum atomic E-state index is -3.77. The van der Waals surface area contributed by atoms with Crippen molar-refractivity contribution in [2.45, 2.75) is 18.0 Å². The highest BCUT2D eigenvalue weighted by Gasteiger charge is 2.21. The number of sulfonamides is 1. The molecule has 2 rings (SSSR count). The van der Waals surface area contributed by atoms with Crippen LogP contribution in [-0.2, 0) is 23.1 Å². The quantitative estimate of drug-likeness (QED) is 0.843. The highest BCUT2D eigenvalue weighted by atomic mass is 35.5. The number of nitrogens with zero attached hydrogens (tertiary/aromatic N) is 1. The topological polar surface area (TPSA) is 49.4 Å². The molecule has 0 radical (unpaired) electrons. The van der Waals surface area contributed by atoms with Gasteiger partial charge in [0.2, 0.25) is 10.0 Å². The van der Waals surface area contributed by atoms with E-state index in [4.69, 9.17) is 23.2 Å². The van der Waals surface area contributed by atoms with Crippen molar-refractivity contribution in [3.05, 3.63) is 63.6 Å². The maximum Gasteiger partial charge on any atom is 0.243 e. The Hall–Kier alpha value is -1.11. The Morgan fingerprint density at radius 1 is 0.957 bits per heavy atom. The van der Waals surface area contributed by atoms with Gasteiger partial charge in [0.05, 0.1) is 10.0 Å². The lowest BCUT2D eigenvalue weighted by molar-refractivity contribution is 0.402. The van der Waals surface area contributed by atoms with Crippen molar-refractivity contribution in [2.75, 3.05) is 14.1 Å². The summed E-state index contributed by atoms with van der Waals surface area (Å²) in [5.41, 5.74) is 2.02. The number of halogens is 2. The molecule has 0 atom stereocenters. The van der Waals surface area contributed by atoms with Crippen LogP contribution in [-0.4, -0.2) is 27.4 Å². The zero-order valence-electron chi connectivity index (χ0n) is 12.9. The van der Waals surface area contributed by atoms with Crippen LogP contribution in [0.3, 0.4) is 0 Å². The lowest BCUT2D eigenvalue weighted by Crippen LogP contribution is -2.24. The van der Waals surface area contributed by atoms with E-state index in [-0.39, 0.29) is 21.5 Å². The molecule has 0 unspecified atom stereocenters. The van der Waals surface area contributed by atoms with Gasteiger partial charge in [-0.2, -0.15) is 0 Å². The van der Waals surface area contributed by atoms with Crippen LogP contribution >= 0.6 is 23.2 Å². The van der Waals surface area contributed by atoms with E-state index >= 15 is 0 Å². The van der Waals surface area contributed by atoms with Crippen molar-refractivity contribution in [2.24, 2.45) is 0 Å². The molecule has 2 aromatic carbocycles. The van der Waals surface area contributed by atoms with Crippen molar-refractivity contribution in [1.82, 2.24) is 9.62 Å². The largest absolute Gasteiger partial charge is 0.305 e. The third kappa shape index (κ3) is 4.93. The van der Waals surface area contributed by atoms with Crippen LogP contribution in [0.4, 0.5) is 0 Å². The van der Waals surface area contributed by atoms with Gasteiger partial charge in [0.25, 0.3) is 0 Å². The molecule has 0 saturated heterocycles. The van der Waals surface area contributed by atoms with Crippen molar-refractivity contribution >= 4 is 33.2 Å². The van der Waals surface area contributed by atoms with E-state index in [9.17, 15) is 8.42 Å². The van der Waals surface area contributed by atoms with Gasteiger partial charge < -0.3 is 4.90 Å². The molecule has 0 aliphatic heterocycles. The molecule has 4 nitrogen and oxygen atoms in total. The second-order valence-corrected chi connectivity index (χ2v) is 7.95. The van der Waals surface area contributed by atoms with Gasteiger partial charge in [0.15, 0.2) is 0 Å². The summed E-state index contributed by atoms with van der Waals surface area (Å²) in [6, 6.07) is 12.4. The van der Waals surface area contributed by atoms with Gasteiger partial charge in [0.1, 0.15) is 4.90 Å². The van der Waals surface area contributed by atoms with Gasteiger partial charge in [-0.1, -0.05) is 53.5 Å². The zero-order valence-corrected chi connectivity index (χ0v) is 15.2. The first-order valence-electron chi connectivity index (χ1n) is 6.96. The normalized spacial score (nSPS) is 11.9. The lowest BCUT2D eigenvalue weighted by atomic mass is 10.1. The van der Waals surface area contributed by atoms with Crippen LogP contribution in [0.25, 0.3) is 0 Å². The Morgan fingerprint density at radius 3 is 2.00 bits per heavy atom. The van der Waals surface area contributed by atoms with E-state index in [0.717, 1.165) is 17.7 Å². The number of rotatable bonds is 6. The fourth-order valence-electron chi connectivity index (χ4n) is 2.12. The number of nitrogens with one attached hydrogen (secondary N) is 1. The summed E-state index contributed by atoms with van der Waals surface area (Å²) in [6.07, 6.45) is 0. The van der Waals surface area contributed by atoms with E-state index in [2.05, 4.69) is 9.62 Å². The summed E-state index contributed by atoms with van der Waals surface area (Å²) >= 11 is 11.9. The van der Waals surface area contributed by atoms with E-state index in [1.54, 1.807) is 6.07 Å². The first-order valence-corrected chi connectivity index (χ1v) is 9.20. The Kier molecular flexibility index (Phi) is 6.06. The molecule has 0 heterocycles. The zero-order chi connectivity index (χ0) is 17.0. The molecular weight excluding hydrogens is 355 g/mol. The van der Waals surface area contributed by atoms with Crippen molar-refractivity contribution < 1.29 is 8.42 Å². The molecule has 124 valence electrons. The first kappa shape index (κ1) is 18.2. The standard InChI is InChI=1S/C16H18Cl2N2O2S/c1-20(2)11-13-8-6-12(7-9-13)10-19-23(21,22)16-14(17)4-3-5-15(16)18/h3-9,19H,10-11H2,1-2H3. The maximum absolute atomic E-state index is 12.4. The Labute approximate surface area is 147 Å². The van der Waals surface area contributed by atoms with Crippen molar-refractivity contribution in [3.8, 4) is 0 Å². The molecule has 2 aromatic rings. The molecule has 0 saturated carbocycles. The Balaban J connectivity index is 2.10. The van der Waals surface area contributed by atoms with E-state index in [1.807, 2.05) is 38.4 Å². The second-order valence-electron chi connectivity index (χ2n) is 5.43. The van der Waals surface area contributed by atoms with Crippen LogP contribution < -0.4 is 4.72 Å². The molecule has 23 heavy (non-hydrogen) atoms. The fraction of sp³-hybridized carbons (Fsp3) is 0.250. The number of hydrogen-bond acceptors (Lipinski definition) is 3. The molecule has 1 N–H and O–H groups in total. The third-order valence-corrected chi connectivity index (χ3v) is 5.53. The Bertz CT molecular complexity index is 755. The molecule has 0 aliphatic rings. The third-order valence-electron chi connectivity index (χ3n) is 3.18. The van der Waals surface area contributed by atoms with Gasteiger partial charge in [-0.05, 0) is 37.4 Å². The first-order chi connectivity index (χ1) is 10.8. The smallest absolute Gasteiger partial charge is 0.243 e. The predicted octanol–water partition coefficient (Wildman–Crippen LogP) is 3.53. The van der Waals surface area contributed by atoms with Gasteiger partial charge in [-0.15, -0.1) is 0 Å². The molecule has 7 heteroatoms. The molecule has 0 amide bonds. The SMILES string of the molecule is CN(C)Cc1ccc(CNS(=O)(=O)c2c(Cl)cccc2Cl)cc1. The molecule has 0 aliphatic carbocycles. The summed E-state index contributed by atoms with van der Waals surface area (Å²) < 4.78 is 27.3. The molecule has 0 fully saturated rings. The highest BCUT2D eigenvalue weighted by Crippen LogP contribution is 2.28. The lowest BCUT2D eigenvalue weighted by Gasteiger charge is -2.12. The minimum absolute atomic E-state index is 0.0902. The second kappa shape index (κ2) is 7.64. The summed E-state index contributed by atoms with van der Waals surface area (Å²) in [6.45, 7) is 1.01. The van der Waals surface area contributed by atoms with Gasteiger partial charge in [-0.25, -0.2) is 13.1 Å². The predicted molar refractivity (Wildman–Crippen MR) is 94.3 cm³/mol. The minimum Gasteiger partial charge on any atom is -0.305 e. The highest BCUT2D eigenvalue weighted by molar-refractivity contribution is 7.89. The van der Waals surface area contributed by atoms with Crippen molar-refractivity contribution in [1.29, 1.82) is 0 Å². The van der Waals surface area contributed by atoms with Crippen LogP contribution in [0.5, 0.6) is 0 Å². The van der Waals surface area contributed by atoms with E-state index in [0.29, 0.717) is 0 Å². The summed E-state index contributed by atoms with van der Waals surface area (Å²) in [5.74, 6) is 0. The van der Waals surface area contributed by atoms with Crippen molar-refractivity contribution in [3.63, 3.8) is 0 Å². The fourth-order valence-corrected chi connectivity index (χ4v) is 4.27. The van der Waals surface area contributed by atoms with Gasteiger partial charge in [0, 0.05) is 13.1 Å². The van der Waals surface area contributed by atoms with Crippen LogP contribution in [0.2, 0.25) is 10.0 Å². The van der Waals surface area contributed by atoms with Gasteiger partial charge in [-0.3, -0.25) is 0 Å². The molecule has 0 bridgehead atoms. The summed E-state index contributed by atoms with van der Waals surface area (Å²) in [4.78, 5) is 1.98. The van der Waals surface area contributed by atoms with Crippen LogP contribution in [0.15, 0.2) is 47.4 Å². The number of benzene rings is 2. The molecular formula is C16H18Cl2N2O2S. The monoisotopic (exact) mass is 372 g/mol. The maximum atomic E-state index is 12.4. The van der Waals surface area contributed by atoms with Crippen LogP contribution in [0.1, 0.15) is 11.1 Å². The summed E-state index contributed by atoms with van der Waals surface area (Å²) in [7, 11) is 0.220. The molecule has 0 aromatic heterocycles. The summed E-state index contributed by atoms with van der Waals surface area (Å²) in [5, 5.41) is 0.206. The molecule has 0 spiro atoms. The van der Waals surface area contributed by atoms with E-state index < -0.39 is 10.0 Å². The Morgan fingerprint density at radius 2 is 1.48 bits per heavy atom. The van der Waals surface area contributed by atoms with E-state index in [1.165, 1.54) is 12.1 Å². The van der Waals surface area contributed by atoms with Gasteiger partial charge >= 0.3 is 0 Å². The van der Waals surface area contributed by atoms with Crippen LogP contribution in [0, 0.1) is 0 Å². The number of hydrogen-bond donors (Lipinski definition) is 1. The average Bonchev–Trinajstić information content (AvgIpc) is 2.45. The average molecular weight is 373 g/mol.